The molecule has 2 N–H and O–H groups in total. The summed E-state index contributed by atoms with van der Waals surface area (Å²) < 4.78 is 77.9. The van der Waals surface area contributed by atoms with Gasteiger partial charge in [-0.15, -0.1) is 0 Å². The second-order valence-corrected chi connectivity index (χ2v) is 8.61. The Labute approximate surface area is 152 Å². The Morgan fingerprint density at radius 1 is 0.778 bits per heavy atom. The maximum Gasteiger partial charge on any atom is 0.430 e. The predicted octanol–water partition coefficient (Wildman–Crippen LogP) is 5.38. The molecule has 0 aliphatic heterocycles. The van der Waals surface area contributed by atoms with Crippen LogP contribution >= 0.6 is 0 Å². The number of rotatable bonds is 3. The summed E-state index contributed by atoms with van der Waals surface area (Å²) in [7, 11) is 0. The molecule has 4 fully saturated rings. The number of anilines is 1. The number of nitrogens with one attached hydrogen (secondary N) is 1. The molecule has 4 bridgehead atoms. The number of hydrogen-bond donors (Lipinski definition) is 2. The lowest BCUT2D eigenvalue weighted by Crippen LogP contribution is -2.55. The highest BCUT2D eigenvalue weighted by Crippen LogP contribution is 2.57. The third kappa shape index (κ3) is 3.00. The van der Waals surface area contributed by atoms with Gasteiger partial charge in [-0.2, -0.15) is 26.3 Å². The van der Waals surface area contributed by atoms with Gasteiger partial charge in [0.05, 0.1) is 0 Å². The third-order valence-corrected chi connectivity index (χ3v) is 6.57. The van der Waals surface area contributed by atoms with E-state index in [4.69, 9.17) is 0 Å². The number of hydrogen-bond acceptors (Lipinski definition) is 2. The summed E-state index contributed by atoms with van der Waals surface area (Å²) >= 11 is 0. The van der Waals surface area contributed by atoms with E-state index < -0.39 is 23.5 Å². The summed E-state index contributed by atoms with van der Waals surface area (Å²) in [5.41, 5.74) is -5.72. The molecular formula is C19H21F6NO. The SMILES string of the molecule is OC(c1ccc(NC23CC4CC(CC(C4)C2)C3)cc1)(C(F)(F)F)C(F)(F)F. The molecule has 1 aromatic rings. The lowest BCUT2D eigenvalue weighted by atomic mass is 9.53. The van der Waals surface area contributed by atoms with Crippen molar-refractivity contribution in [3.05, 3.63) is 29.8 Å². The van der Waals surface area contributed by atoms with Crippen molar-refractivity contribution in [3.8, 4) is 0 Å². The zero-order valence-electron chi connectivity index (χ0n) is 14.5. The monoisotopic (exact) mass is 393 g/mol. The minimum Gasteiger partial charge on any atom is -0.380 e. The van der Waals surface area contributed by atoms with Crippen LogP contribution in [0.3, 0.4) is 0 Å². The first kappa shape index (κ1) is 18.9. The predicted molar refractivity (Wildman–Crippen MR) is 87.0 cm³/mol. The maximum atomic E-state index is 13.0. The van der Waals surface area contributed by atoms with E-state index in [0.717, 1.165) is 19.3 Å². The van der Waals surface area contributed by atoms with E-state index in [-0.39, 0.29) is 5.54 Å². The van der Waals surface area contributed by atoms with E-state index in [1.807, 2.05) is 0 Å². The van der Waals surface area contributed by atoms with Crippen molar-refractivity contribution in [1.29, 1.82) is 0 Å². The van der Waals surface area contributed by atoms with Gasteiger partial charge < -0.3 is 10.4 Å². The minimum atomic E-state index is -5.86. The van der Waals surface area contributed by atoms with Gasteiger partial charge in [-0.25, -0.2) is 0 Å². The molecule has 0 aromatic heterocycles. The average Bonchev–Trinajstić information content (AvgIpc) is 2.51. The number of benzene rings is 1. The normalized spacial score (nSPS) is 33.4. The first-order valence-corrected chi connectivity index (χ1v) is 9.16. The molecular weight excluding hydrogens is 372 g/mol. The van der Waals surface area contributed by atoms with Crippen LogP contribution in [0.1, 0.15) is 44.1 Å². The quantitative estimate of drug-likeness (QED) is 0.676. The third-order valence-electron chi connectivity index (χ3n) is 6.57. The molecule has 4 aliphatic rings. The fourth-order valence-electron chi connectivity index (χ4n) is 5.85. The smallest absolute Gasteiger partial charge is 0.380 e. The second-order valence-electron chi connectivity index (χ2n) is 8.61. The number of alkyl halides is 6. The summed E-state index contributed by atoms with van der Waals surface area (Å²) in [5.74, 6) is 1.97. The fourth-order valence-corrected chi connectivity index (χ4v) is 5.85. The molecule has 4 aliphatic carbocycles. The molecule has 27 heavy (non-hydrogen) atoms. The van der Waals surface area contributed by atoms with Crippen LogP contribution < -0.4 is 5.32 Å². The van der Waals surface area contributed by atoms with Crippen LogP contribution in [0.5, 0.6) is 0 Å². The first-order chi connectivity index (χ1) is 12.4. The van der Waals surface area contributed by atoms with Crippen LogP contribution in [0, 0.1) is 17.8 Å². The number of halogens is 6. The number of aliphatic hydroxyl groups is 1. The Morgan fingerprint density at radius 3 is 1.56 bits per heavy atom. The van der Waals surface area contributed by atoms with Crippen molar-refractivity contribution >= 4 is 5.69 Å². The van der Waals surface area contributed by atoms with Gasteiger partial charge in [0.1, 0.15) is 0 Å². The maximum absolute atomic E-state index is 13.0. The van der Waals surface area contributed by atoms with Gasteiger partial charge in [-0.3, -0.25) is 0 Å². The van der Waals surface area contributed by atoms with Gasteiger partial charge in [-0.05, 0) is 68.4 Å². The molecule has 0 saturated heterocycles. The van der Waals surface area contributed by atoms with E-state index in [9.17, 15) is 31.4 Å². The highest BCUT2D eigenvalue weighted by Gasteiger charge is 2.71. The van der Waals surface area contributed by atoms with E-state index in [1.54, 1.807) is 0 Å². The van der Waals surface area contributed by atoms with Crippen molar-refractivity contribution in [2.75, 3.05) is 5.32 Å². The highest BCUT2D eigenvalue weighted by molar-refractivity contribution is 5.49. The van der Waals surface area contributed by atoms with Gasteiger partial charge in [0.25, 0.3) is 5.60 Å². The molecule has 5 rings (SSSR count). The summed E-state index contributed by atoms with van der Waals surface area (Å²) in [5, 5.41) is 12.9. The minimum absolute atomic E-state index is 0.110. The lowest BCUT2D eigenvalue weighted by Gasteiger charge is -2.57. The largest absolute Gasteiger partial charge is 0.430 e. The van der Waals surface area contributed by atoms with Crippen LogP contribution in [0.4, 0.5) is 32.0 Å². The van der Waals surface area contributed by atoms with Gasteiger partial charge in [0.15, 0.2) is 0 Å². The topological polar surface area (TPSA) is 32.3 Å². The molecule has 2 nitrogen and oxygen atoms in total. The second kappa shape index (κ2) is 5.78. The fraction of sp³-hybridized carbons (Fsp3) is 0.684. The van der Waals surface area contributed by atoms with Gasteiger partial charge in [-0.1, -0.05) is 12.1 Å². The van der Waals surface area contributed by atoms with E-state index >= 15 is 0 Å². The molecule has 0 spiro atoms. The summed E-state index contributed by atoms with van der Waals surface area (Å²) in [6, 6.07) is 3.83. The van der Waals surface area contributed by atoms with Crippen molar-refractivity contribution in [2.45, 2.75) is 62.0 Å². The summed E-state index contributed by atoms with van der Waals surface area (Å²) in [4.78, 5) is 0. The summed E-state index contributed by atoms with van der Waals surface area (Å²) in [6.07, 6.45) is -5.06. The molecule has 0 heterocycles. The van der Waals surface area contributed by atoms with Gasteiger partial charge >= 0.3 is 12.4 Å². The molecule has 0 amide bonds. The van der Waals surface area contributed by atoms with E-state index in [1.165, 1.54) is 31.4 Å². The van der Waals surface area contributed by atoms with Gasteiger partial charge in [0.2, 0.25) is 0 Å². The molecule has 0 atom stereocenters. The van der Waals surface area contributed by atoms with E-state index in [0.29, 0.717) is 35.6 Å². The van der Waals surface area contributed by atoms with Crippen molar-refractivity contribution < 1.29 is 31.4 Å². The molecule has 0 radical (unpaired) electrons. The van der Waals surface area contributed by atoms with Crippen molar-refractivity contribution in [1.82, 2.24) is 0 Å². The van der Waals surface area contributed by atoms with Crippen LogP contribution in [0.2, 0.25) is 0 Å². The van der Waals surface area contributed by atoms with Crippen LogP contribution in [0.25, 0.3) is 0 Å². The van der Waals surface area contributed by atoms with E-state index in [2.05, 4.69) is 5.32 Å². The standard InChI is InChI=1S/C19H21F6NO/c20-18(21,22)17(27,19(23,24)25)14-1-3-15(4-2-14)26-16-8-11-5-12(9-16)7-13(6-11)10-16/h1-4,11-13,26-27H,5-10H2. The van der Waals surface area contributed by atoms with Crippen LogP contribution in [-0.4, -0.2) is 23.0 Å². The first-order valence-electron chi connectivity index (χ1n) is 9.16. The molecule has 150 valence electrons. The summed E-state index contributed by atoms with van der Waals surface area (Å²) in [6.45, 7) is 0. The van der Waals surface area contributed by atoms with Crippen molar-refractivity contribution in [3.63, 3.8) is 0 Å². The molecule has 1 aromatic carbocycles. The lowest BCUT2D eigenvalue weighted by molar-refractivity contribution is -0.376. The Kier molecular flexibility index (Phi) is 4.05. The van der Waals surface area contributed by atoms with Crippen LogP contribution in [0.15, 0.2) is 24.3 Å². The Bertz CT molecular complexity index is 659. The van der Waals surface area contributed by atoms with Crippen molar-refractivity contribution in [2.24, 2.45) is 17.8 Å². The Balaban J connectivity index is 1.58. The zero-order chi connectivity index (χ0) is 19.7. The highest BCUT2D eigenvalue weighted by atomic mass is 19.4. The zero-order valence-corrected chi connectivity index (χ0v) is 14.5. The molecule has 4 saturated carbocycles. The molecule has 8 heteroatoms. The molecule has 0 unspecified atom stereocenters. The average molecular weight is 393 g/mol. The van der Waals surface area contributed by atoms with Gasteiger partial charge in [0, 0.05) is 16.8 Å². The Hall–Kier alpha value is -1.44. The Morgan fingerprint density at radius 2 is 1.19 bits per heavy atom. The van der Waals surface area contributed by atoms with Crippen LogP contribution in [-0.2, 0) is 5.60 Å².